The van der Waals surface area contributed by atoms with Gasteiger partial charge in [0.1, 0.15) is 10.9 Å². The maximum Gasteiger partial charge on any atom is 0.129 e. The molecule has 0 radical (unpaired) electrons. The summed E-state index contributed by atoms with van der Waals surface area (Å²) in [4.78, 5) is 2.73. The van der Waals surface area contributed by atoms with Gasteiger partial charge >= 0.3 is 0 Å². The van der Waals surface area contributed by atoms with E-state index < -0.39 is 0 Å². The normalized spacial score (nSPS) is 10.5. The van der Waals surface area contributed by atoms with Crippen LogP contribution >= 0.6 is 38.6 Å². The van der Waals surface area contributed by atoms with Crippen LogP contribution in [0.1, 0.15) is 10.4 Å². The van der Waals surface area contributed by atoms with E-state index in [1.807, 2.05) is 29.6 Å². The Morgan fingerprint density at radius 1 is 1.24 bits per heavy atom. The van der Waals surface area contributed by atoms with Crippen LogP contribution in [-0.2, 0) is 0 Å². The topological polar surface area (TPSA) is 49.8 Å². The lowest BCUT2D eigenvalue weighted by Crippen LogP contribution is -1.89. The Balaban J connectivity index is 2.33. The second kappa shape index (κ2) is 5.64. The van der Waals surface area contributed by atoms with E-state index >= 15 is 0 Å². The number of nitrogens with zero attached hydrogens (tertiary/aromatic N) is 1. The molecular weight excluding hydrogens is 364 g/mol. The van der Waals surface area contributed by atoms with Crippen LogP contribution in [0.25, 0.3) is 20.9 Å². The van der Waals surface area contributed by atoms with Crippen molar-refractivity contribution in [1.29, 1.82) is 5.26 Å². The molecule has 0 unspecified atom stereocenters. The van der Waals surface area contributed by atoms with Gasteiger partial charge in [0.05, 0.1) is 5.69 Å². The number of nitrogens with two attached hydrogens (primary N) is 1. The van der Waals surface area contributed by atoms with Gasteiger partial charge in [0, 0.05) is 19.8 Å². The van der Waals surface area contributed by atoms with Crippen molar-refractivity contribution >= 4 is 44.3 Å². The van der Waals surface area contributed by atoms with Gasteiger partial charge in [0.25, 0.3) is 0 Å². The molecule has 2 N–H and O–H groups in total. The van der Waals surface area contributed by atoms with Crippen molar-refractivity contribution in [2.45, 2.75) is 6.92 Å². The number of hydrogen-bond donors (Lipinski definition) is 1. The maximum atomic E-state index is 9.30. The van der Waals surface area contributed by atoms with Gasteiger partial charge in [-0.1, -0.05) is 34.1 Å². The van der Waals surface area contributed by atoms with Gasteiger partial charge < -0.3 is 5.73 Å². The molecule has 0 saturated carbocycles. The number of rotatable bonds is 2. The molecule has 0 bridgehead atoms. The lowest BCUT2D eigenvalue weighted by Gasteiger charge is -2.08. The minimum absolute atomic E-state index is 0.577. The number of halogens is 1. The summed E-state index contributed by atoms with van der Waals surface area (Å²) < 4.78 is 1.06. The molecule has 21 heavy (non-hydrogen) atoms. The molecular formula is C16H11BrN2S2. The Hall–Kier alpha value is -1.61. The van der Waals surface area contributed by atoms with Crippen molar-refractivity contribution in [3.05, 3.63) is 50.6 Å². The third-order valence-corrected chi connectivity index (χ3v) is 6.22. The molecule has 1 aromatic carbocycles. The number of nitriles is 1. The number of hydrogen-bond acceptors (Lipinski definition) is 4. The van der Waals surface area contributed by atoms with E-state index in [1.54, 1.807) is 11.3 Å². The van der Waals surface area contributed by atoms with Gasteiger partial charge in [0.2, 0.25) is 0 Å². The van der Waals surface area contributed by atoms with Gasteiger partial charge in [-0.05, 0) is 35.6 Å². The molecule has 0 amide bonds. The average molecular weight is 375 g/mol. The molecule has 0 fully saturated rings. The lowest BCUT2D eigenvalue weighted by atomic mass is 10.0. The highest BCUT2D eigenvalue weighted by Crippen LogP contribution is 2.47. The average Bonchev–Trinajstić information content (AvgIpc) is 3.09. The second-order valence-corrected chi connectivity index (χ2v) is 7.37. The first-order valence-corrected chi connectivity index (χ1v) is 8.74. The Morgan fingerprint density at radius 3 is 2.71 bits per heavy atom. The molecule has 2 heterocycles. The smallest absolute Gasteiger partial charge is 0.129 e. The fraction of sp³-hybridized carbons (Fsp3) is 0.0625. The minimum atomic E-state index is 0.577. The predicted molar refractivity (Wildman–Crippen MR) is 94.6 cm³/mol. The fourth-order valence-corrected chi connectivity index (χ4v) is 4.57. The molecule has 3 rings (SSSR count). The monoisotopic (exact) mass is 374 g/mol. The third-order valence-electron chi connectivity index (χ3n) is 3.33. The number of thiophene rings is 2. The van der Waals surface area contributed by atoms with Crippen LogP contribution in [0.4, 0.5) is 5.69 Å². The van der Waals surface area contributed by atoms with Gasteiger partial charge in [-0.2, -0.15) is 5.26 Å². The van der Waals surface area contributed by atoms with Gasteiger partial charge in [0.15, 0.2) is 0 Å². The van der Waals surface area contributed by atoms with Crippen LogP contribution in [-0.4, -0.2) is 0 Å². The molecule has 0 saturated heterocycles. The minimum Gasteiger partial charge on any atom is -0.396 e. The van der Waals surface area contributed by atoms with Gasteiger partial charge in [-0.25, -0.2) is 0 Å². The number of anilines is 1. The highest BCUT2D eigenvalue weighted by molar-refractivity contribution is 9.10. The standard InChI is InChI=1S/C16H11BrN2S2/c1-9-10(4-2-5-11(9)17)16-14(12-6-3-7-20-12)15(19)13(8-18)21-16/h2-7H,19H2,1H3. The Kier molecular flexibility index (Phi) is 3.85. The zero-order valence-electron chi connectivity index (χ0n) is 11.2. The molecule has 5 heteroatoms. The zero-order chi connectivity index (χ0) is 15.0. The van der Waals surface area contributed by atoms with Crippen LogP contribution in [0.5, 0.6) is 0 Å². The van der Waals surface area contributed by atoms with Crippen LogP contribution in [0, 0.1) is 18.3 Å². The SMILES string of the molecule is Cc1c(Br)cccc1-c1sc(C#N)c(N)c1-c1cccs1. The molecule has 3 aromatic rings. The summed E-state index contributed by atoms with van der Waals surface area (Å²) in [6.45, 7) is 2.07. The molecule has 0 atom stereocenters. The lowest BCUT2D eigenvalue weighted by molar-refractivity contribution is 1.44. The summed E-state index contributed by atoms with van der Waals surface area (Å²) in [5, 5.41) is 11.3. The van der Waals surface area contributed by atoms with Crippen molar-refractivity contribution in [3.8, 4) is 27.0 Å². The van der Waals surface area contributed by atoms with Crippen molar-refractivity contribution in [3.63, 3.8) is 0 Å². The van der Waals surface area contributed by atoms with Crippen LogP contribution in [0.15, 0.2) is 40.2 Å². The van der Waals surface area contributed by atoms with E-state index in [-0.39, 0.29) is 0 Å². The third kappa shape index (κ3) is 2.40. The highest BCUT2D eigenvalue weighted by Gasteiger charge is 2.20. The predicted octanol–water partition coefficient (Wildman–Crippen LogP) is 5.67. The Morgan fingerprint density at radius 2 is 2.05 bits per heavy atom. The van der Waals surface area contributed by atoms with Crippen LogP contribution in [0.2, 0.25) is 0 Å². The largest absolute Gasteiger partial charge is 0.396 e. The first-order valence-electron chi connectivity index (χ1n) is 6.25. The van der Waals surface area contributed by atoms with Gasteiger partial charge in [-0.3, -0.25) is 0 Å². The molecule has 2 aromatic heterocycles. The summed E-state index contributed by atoms with van der Waals surface area (Å²) in [6.07, 6.45) is 0. The van der Waals surface area contributed by atoms with E-state index in [9.17, 15) is 5.26 Å². The van der Waals surface area contributed by atoms with E-state index in [0.717, 1.165) is 30.9 Å². The zero-order valence-corrected chi connectivity index (χ0v) is 14.4. The van der Waals surface area contributed by atoms with E-state index in [2.05, 4.69) is 35.0 Å². The van der Waals surface area contributed by atoms with Crippen molar-refractivity contribution < 1.29 is 0 Å². The van der Waals surface area contributed by atoms with Crippen molar-refractivity contribution in [2.75, 3.05) is 5.73 Å². The first kappa shape index (κ1) is 14.3. The van der Waals surface area contributed by atoms with E-state index in [0.29, 0.717) is 10.6 Å². The summed E-state index contributed by atoms with van der Waals surface area (Å²) in [7, 11) is 0. The van der Waals surface area contributed by atoms with E-state index in [1.165, 1.54) is 11.3 Å². The van der Waals surface area contributed by atoms with E-state index in [4.69, 9.17) is 5.73 Å². The van der Waals surface area contributed by atoms with Crippen molar-refractivity contribution in [1.82, 2.24) is 0 Å². The number of benzene rings is 1. The Bertz CT molecular complexity index is 842. The quantitative estimate of drug-likeness (QED) is 0.628. The summed E-state index contributed by atoms with van der Waals surface area (Å²) in [6, 6.07) is 12.4. The molecule has 0 aliphatic rings. The number of nitrogen functional groups attached to an aromatic ring is 1. The van der Waals surface area contributed by atoms with Crippen LogP contribution in [0.3, 0.4) is 0 Å². The summed E-state index contributed by atoms with van der Waals surface area (Å²) in [5.74, 6) is 0. The molecule has 2 nitrogen and oxygen atoms in total. The first-order chi connectivity index (χ1) is 10.1. The Labute approximate surface area is 139 Å². The highest BCUT2D eigenvalue weighted by atomic mass is 79.9. The molecule has 0 aliphatic carbocycles. The van der Waals surface area contributed by atoms with Crippen molar-refractivity contribution in [2.24, 2.45) is 0 Å². The molecule has 0 spiro atoms. The molecule has 0 aliphatic heterocycles. The van der Waals surface area contributed by atoms with Crippen LogP contribution < -0.4 is 5.73 Å². The van der Waals surface area contributed by atoms with Gasteiger partial charge in [-0.15, -0.1) is 22.7 Å². The maximum absolute atomic E-state index is 9.30. The summed E-state index contributed by atoms with van der Waals surface area (Å²) >= 11 is 6.67. The summed E-state index contributed by atoms with van der Waals surface area (Å²) in [5.41, 5.74) is 10.0. The molecule has 104 valence electrons. The fourth-order valence-electron chi connectivity index (χ4n) is 2.24. The second-order valence-electron chi connectivity index (χ2n) is 4.55.